The molecule has 98 valence electrons. The summed E-state index contributed by atoms with van der Waals surface area (Å²) in [4.78, 5) is 16.0. The number of rotatable bonds is 5. The Labute approximate surface area is 111 Å². The number of nitrogens with zero attached hydrogens (tertiary/aromatic N) is 1. The molecule has 0 atom stereocenters. The number of nitrogens with one attached hydrogen (secondary N) is 2. The fourth-order valence-corrected chi connectivity index (χ4v) is 1.58. The number of aromatic nitrogens is 1. The first kappa shape index (κ1) is 13.0. The van der Waals surface area contributed by atoms with Crippen LogP contribution in [-0.2, 0) is 0 Å². The van der Waals surface area contributed by atoms with Crippen LogP contribution in [0.1, 0.15) is 10.5 Å². The predicted molar refractivity (Wildman–Crippen MR) is 75.3 cm³/mol. The summed E-state index contributed by atoms with van der Waals surface area (Å²) in [5.41, 5.74) is 6.63. The lowest BCUT2D eigenvalue weighted by Gasteiger charge is -2.07. The van der Waals surface area contributed by atoms with Crippen molar-refractivity contribution >= 4 is 17.4 Å². The van der Waals surface area contributed by atoms with Crippen molar-refractivity contribution in [2.75, 3.05) is 18.4 Å². The minimum Gasteiger partial charge on any atom is -0.349 e. The van der Waals surface area contributed by atoms with Crippen molar-refractivity contribution in [3.8, 4) is 0 Å². The average molecular weight is 256 g/mol. The number of hydrogen-bond acceptors (Lipinski definition) is 4. The fraction of sp³-hybridized carbons (Fsp3) is 0.143. The van der Waals surface area contributed by atoms with Gasteiger partial charge in [-0.05, 0) is 24.3 Å². The molecule has 2 aromatic rings. The molecule has 5 nitrogen and oxygen atoms in total. The van der Waals surface area contributed by atoms with E-state index in [4.69, 9.17) is 5.73 Å². The number of nitrogens with two attached hydrogens (primary N) is 1. The molecule has 0 bridgehead atoms. The van der Waals surface area contributed by atoms with Gasteiger partial charge in [0.05, 0.1) is 0 Å². The third-order valence-corrected chi connectivity index (χ3v) is 2.46. The normalized spacial score (nSPS) is 9.95. The summed E-state index contributed by atoms with van der Waals surface area (Å²) in [5.74, 6) is 0.411. The molecule has 1 aromatic carbocycles. The van der Waals surface area contributed by atoms with Gasteiger partial charge in [-0.15, -0.1) is 0 Å². The molecule has 1 heterocycles. The van der Waals surface area contributed by atoms with Gasteiger partial charge in [-0.25, -0.2) is 4.98 Å². The van der Waals surface area contributed by atoms with Crippen molar-refractivity contribution in [3.63, 3.8) is 0 Å². The molecule has 0 aliphatic carbocycles. The maximum Gasteiger partial charge on any atom is 0.270 e. The molecule has 1 amide bonds. The number of carbonyl (C=O) groups excluding carboxylic acids is 1. The van der Waals surface area contributed by atoms with Crippen LogP contribution in [0, 0.1) is 0 Å². The second kappa shape index (κ2) is 6.51. The summed E-state index contributed by atoms with van der Waals surface area (Å²) in [5, 5.41) is 5.82. The molecular formula is C14H16N4O. The Kier molecular flexibility index (Phi) is 4.47. The van der Waals surface area contributed by atoms with Crippen LogP contribution in [-0.4, -0.2) is 24.0 Å². The van der Waals surface area contributed by atoms with E-state index in [1.165, 1.54) is 0 Å². The topological polar surface area (TPSA) is 80.0 Å². The first-order valence-corrected chi connectivity index (χ1v) is 6.07. The van der Waals surface area contributed by atoms with Crippen LogP contribution in [0.2, 0.25) is 0 Å². The number of carbonyl (C=O) groups is 1. The smallest absolute Gasteiger partial charge is 0.270 e. The molecule has 2 rings (SSSR count). The maximum absolute atomic E-state index is 11.8. The minimum atomic E-state index is -0.220. The Bertz CT molecular complexity index is 542. The van der Waals surface area contributed by atoms with E-state index >= 15 is 0 Å². The quantitative estimate of drug-likeness (QED) is 0.757. The second-order valence-corrected chi connectivity index (χ2v) is 3.94. The van der Waals surface area contributed by atoms with E-state index in [0.717, 1.165) is 5.69 Å². The van der Waals surface area contributed by atoms with E-state index in [0.29, 0.717) is 24.6 Å². The van der Waals surface area contributed by atoms with Gasteiger partial charge in [0.2, 0.25) is 0 Å². The molecule has 0 saturated heterocycles. The third-order valence-electron chi connectivity index (χ3n) is 2.46. The highest BCUT2D eigenvalue weighted by molar-refractivity contribution is 5.92. The molecular weight excluding hydrogens is 240 g/mol. The first-order valence-electron chi connectivity index (χ1n) is 6.07. The average Bonchev–Trinajstić information content (AvgIpc) is 2.46. The Morgan fingerprint density at radius 2 is 1.89 bits per heavy atom. The zero-order valence-electron chi connectivity index (χ0n) is 10.5. The number of hydrogen-bond donors (Lipinski definition) is 3. The lowest BCUT2D eigenvalue weighted by atomic mass is 10.3. The third kappa shape index (κ3) is 3.79. The lowest BCUT2D eigenvalue weighted by Crippen LogP contribution is -2.29. The Morgan fingerprint density at radius 3 is 2.63 bits per heavy atom. The molecule has 0 fully saturated rings. The molecule has 5 heteroatoms. The Morgan fingerprint density at radius 1 is 1.11 bits per heavy atom. The molecule has 0 aliphatic rings. The van der Waals surface area contributed by atoms with Crippen LogP contribution in [0.5, 0.6) is 0 Å². The summed E-state index contributed by atoms with van der Waals surface area (Å²) in [7, 11) is 0. The summed E-state index contributed by atoms with van der Waals surface area (Å²) in [6, 6.07) is 14.9. The monoisotopic (exact) mass is 256 g/mol. The van der Waals surface area contributed by atoms with Gasteiger partial charge in [-0.3, -0.25) is 4.79 Å². The lowest BCUT2D eigenvalue weighted by molar-refractivity contribution is 0.0950. The molecule has 4 N–H and O–H groups in total. The van der Waals surface area contributed by atoms with Crippen LogP contribution < -0.4 is 16.4 Å². The number of amides is 1. The van der Waals surface area contributed by atoms with Crippen molar-refractivity contribution < 1.29 is 4.79 Å². The zero-order chi connectivity index (χ0) is 13.5. The highest BCUT2D eigenvalue weighted by atomic mass is 16.1. The number of para-hydroxylation sites is 1. The summed E-state index contributed by atoms with van der Waals surface area (Å²) >= 11 is 0. The van der Waals surface area contributed by atoms with Crippen LogP contribution >= 0.6 is 0 Å². The van der Waals surface area contributed by atoms with Gasteiger partial charge in [-0.2, -0.15) is 0 Å². The highest BCUT2D eigenvalue weighted by Crippen LogP contribution is 2.13. The van der Waals surface area contributed by atoms with Crippen LogP contribution in [0.25, 0.3) is 0 Å². The van der Waals surface area contributed by atoms with E-state index in [1.54, 1.807) is 12.1 Å². The number of pyridine rings is 1. The SMILES string of the molecule is NCCNC(=O)c1cccc(Nc2ccccc2)n1. The molecule has 0 radical (unpaired) electrons. The van der Waals surface area contributed by atoms with Crippen molar-refractivity contribution in [3.05, 3.63) is 54.2 Å². The van der Waals surface area contributed by atoms with Crippen LogP contribution in [0.4, 0.5) is 11.5 Å². The van der Waals surface area contributed by atoms with E-state index in [9.17, 15) is 4.79 Å². The standard InChI is InChI=1S/C14H16N4O/c15-9-10-16-14(19)12-7-4-8-13(18-12)17-11-5-2-1-3-6-11/h1-8H,9-10,15H2,(H,16,19)(H,17,18). The van der Waals surface area contributed by atoms with E-state index in [1.807, 2.05) is 36.4 Å². The number of anilines is 2. The zero-order valence-corrected chi connectivity index (χ0v) is 10.5. The van der Waals surface area contributed by atoms with Gasteiger partial charge in [0.15, 0.2) is 0 Å². The molecule has 1 aromatic heterocycles. The van der Waals surface area contributed by atoms with Crippen molar-refractivity contribution in [2.45, 2.75) is 0 Å². The van der Waals surface area contributed by atoms with Crippen LogP contribution in [0.3, 0.4) is 0 Å². The van der Waals surface area contributed by atoms with Gasteiger partial charge in [-0.1, -0.05) is 24.3 Å². The fourth-order valence-electron chi connectivity index (χ4n) is 1.58. The van der Waals surface area contributed by atoms with Crippen molar-refractivity contribution in [1.29, 1.82) is 0 Å². The van der Waals surface area contributed by atoms with Crippen LogP contribution in [0.15, 0.2) is 48.5 Å². The highest BCUT2D eigenvalue weighted by Gasteiger charge is 2.06. The molecule has 0 aliphatic heterocycles. The van der Waals surface area contributed by atoms with Crippen molar-refractivity contribution in [2.24, 2.45) is 5.73 Å². The Balaban J connectivity index is 2.09. The molecule has 0 spiro atoms. The summed E-state index contributed by atoms with van der Waals surface area (Å²) in [6.07, 6.45) is 0. The maximum atomic E-state index is 11.8. The predicted octanol–water partition coefficient (Wildman–Crippen LogP) is 1.51. The number of benzene rings is 1. The summed E-state index contributed by atoms with van der Waals surface area (Å²) < 4.78 is 0. The Hall–Kier alpha value is -2.40. The van der Waals surface area contributed by atoms with Crippen molar-refractivity contribution in [1.82, 2.24) is 10.3 Å². The summed E-state index contributed by atoms with van der Waals surface area (Å²) in [6.45, 7) is 0.852. The molecule has 0 saturated carbocycles. The van der Waals surface area contributed by atoms with Gasteiger partial charge in [0.25, 0.3) is 5.91 Å². The van der Waals surface area contributed by atoms with E-state index in [2.05, 4.69) is 15.6 Å². The second-order valence-electron chi connectivity index (χ2n) is 3.94. The van der Waals surface area contributed by atoms with E-state index < -0.39 is 0 Å². The molecule has 19 heavy (non-hydrogen) atoms. The van der Waals surface area contributed by atoms with Gasteiger partial charge in [0, 0.05) is 18.8 Å². The minimum absolute atomic E-state index is 0.220. The van der Waals surface area contributed by atoms with Gasteiger partial charge in [0.1, 0.15) is 11.5 Å². The van der Waals surface area contributed by atoms with Gasteiger partial charge >= 0.3 is 0 Å². The largest absolute Gasteiger partial charge is 0.349 e. The van der Waals surface area contributed by atoms with E-state index in [-0.39, 0.29) is 5.91 Å². The molecule has 0 unspecified atom stereocenters. The van der Waals surface area contributed by atoms with Gasteiger partial charge < -0.3 is 16.4 Å². The first-order chi connectivity index (χ1) is 9.29.